The van der Waals surface area contributed by atoms with E-state index in [0.717, 1.165) is 4.90 Å². The van der Waals surface area contributed by atoms with Gasteiger partial charge in [-0.2, -0.15) is 0 Å². The van der Waals surface area contributed by atoms with Crippen LogP contribution in [-0.2, 0) is 9.59 Å². The van der Waals surface area contributed by atoms with Gasteiger partial charge in [-0.05, 0) is 35.7 Å². The number of benzene rings is 2. The first-order valence-corrected chi connectivity index (χ1v) is 10.8. The molecule has 0 saturated heterocycles. The highest BCUT2D eigenvalue weighted by atomic mass is 32.1. The second kappa shape index (κ2) is 9.25. The molecule has 1 N–H and O–H groups in total. The van der Waals surface area contributed by atoms with Crippen LogP contribution in [0.2, 0.25) is 0 Å². The Bertz CT molecular complexity index is 1240. The summed E-state index contributed by atoms with van der Waals surface area (Å²) in [4.78, 5) is 28.8. The van der Waals surface area contributed by atoms with Gasteiger partial charge in [0.05, 0.1) is 39.7 Å². The monoisotopic (exact) mass is 466 g/mol. The van der Waals surface area contributed by atoms with Crippen LogP contribution in [0, 0.1) is 0 Å². The Kier molecular flexibility index (Phi) is 6.23. The van der Waals surface area contributed by atoms with Crippen molar-refractivity contribution in [2.24, 2.45) is 0 Å². The van der Waals surface area contributed by atoms with Crippen molar-refractivity contribution in [3.63, 3.8) is 0 Å². The van der Waals surface area contributed by atoms with Gasteiger partial charge in [-0.1, -0.05) is 6.07 Å². The number of carbonyl (C=O) groups is 2. The number of hydrogen-bond acceptors (Lipinski definition) is 8. The summed E-state index contributed by atoms with van der Waals surface area (Å²) in [6.45, 7) is 0. The number of imide groups is 1. The van der Waals surface area contributed by atoms with Crippen LogP contribution in [0.15, 0.2) is 59.6 Å². The Morgan fingerprint density at radius 2 is 1.39 bits per heavy atom. The molecule has 0 spiro atoms. The van der Waals surface area contributed by atoms with Crippen molar-refractivity contribution >= 4 is 40.1 Å². The Labute approximate surface area is 194 Å². The molecular formula is C24H22N2O6S. The van der Waals surface area contributed by atoms with Gasteiger partial charge in [-0.15, -0.1) is 11.3 Å². The van der Waals surface area contributed by atoms with Crippen molar-refractivity contribution in [1.29, 1.82) is 0 Å². The third kappa shape index (κ3) is 3.98. The molecule has 8 nitrogen and oxygen atoms in total. The van der Waals surface area contributed by atoms with E-state index in [0.29, 0.717) is 44.8 Å². The smallest absolute Gasteiger partial charge is 0.282 e. The van der Waals surface area contributed by atoms with Crippen LogP contribution in [-0.4, -0.2) is 40.3 Å². The first kappa shape index (κ1) is 22.2. The van der Waals surface area contributed by atoms with Crippen LogP contribution in [0.3, 0.4) is 0 Å². The van der Waals surface area contributed by atoms with E-state index in [1.165, 1.54) is 32.7 Å². The lowest BCUT2D eigenvalue weighted by molar-refractivity contribution is -0.120. The highest BCUT2D eigenvalue weighted by molar-refractivity contribution is 7.11. The molecule has 2 heterocycles. The quantitative estimate of drug-likeness (QED) is 0.499. The molecule has 1 aliphatic rings. The molecule has 9 heteroatoms. The molecule has 2 amide bonds. The van der Waals surface area contributed by atoms with Crippen LogP contribution in [0.5, 0.6) is 23.0 Å². The molecule has 0 radical (unpaired) electrons. The molecule has 0 unspecified atom stereocenters. The van der Waals surface area contributed by atoms with Crippen molar-refractivity contribution in [2.75, 3.05) is 38.7 Å². The van der Waals surface area contributed by atoms with E-state index in [4.69, 9.17) is 18.9 Å². The number of nitrogens with one attached hydrogen (secondary N) is 1. The van der Waals surface area contributed by atoms with E-state index in [2.05, 4.69) is 5.32 Å². The van der Waals surface area contributed by atoms with Crippen molar-refractivity contribution < 1.29 is 28.5 Å². The molecule has 0 atom stereocenters. The molecule has 0 bridgehead atoms. The van der Waals surface area contributed by atoms with Gasteiger partial charge in [-0.3, -0.25) is 9.59 Å². The number of carbonyl (C=O) groups excluding carboxylic acids is 2. The van der Waals surface area contributed by atoms with E-state index < -0.39 is 11.8 Å². The minimum Gasteiger partial charge on any atom is -0.493 e. The fraction of sp³-hybridized carbons (Fsp3) is 0.167. The lowest BCUT2D eigenvalue weighted by Crippen LogP contribution is -2.32. The summed E-state index contributed by atoms with van der Waals surface area (Å²) < 4.78 is 21.3. The van der Waals surface area contributed by atoms with Gasteiger partial charge < -0.3 is 24.3 Å². The average Bonchev–Trinajstić information content (AvgIpc) is 3.45. The minimum absolute atomic E-state index is 0.171. The van der Waals surface area contributed by atoms with Crippen molar-refractivity contribution in [2.45, 2.75) is 0 Å². The molecule has 33 heavy (non-hydrogen) atoms. The fourth-order valence-electron chi connectivity index (χ4n) is 3.55. The molecule has 1 aromatic heterocycles. The number of methoxy groups -OCH3 is 4. The van der Waals surface area contributed by atoms with Crippen molar-refractivity contribution in [1.82, 2.24) is 0 Å². The van der Waals surface area contributed by atoms with E-state index in [-0.39, 0.29) is 5.70 Å². The summed E-state index contributed by atoms with van der Waals surface area (Å²) in [7, 11) is 6.09. The van der Waals surface area contributed by atoms with Gasteiger partial charge >= 0.3 is 0 Å². The summed E-state index contributed by atoms with van der Waals surface area (Å²) in [5.41, 5.74) is 1.41. The van der Waals surface area contributed by atoms with E-state index in [1.807, 2.05) is 11.4 Å². The summed E-state index contributed by atoms with van der Waals surface area (Å²) in [5.74, 6) is 1.04. The lowest BCUT2D eigenvalue weighted by atomic mass is 10.1. The number of nitrogens with zero attached hydrogens (tertiary/aromatic N) is 1. The third-order valence-corrected chi connectivity index (χ3v) is 6.02. The predicted octanol–water partition coefficient (Wildman–Crippen LogP) is 4.18. The normalized spacial score (nSPS) is 13.4. The van der Waals surface area contributed by atoms with Crippen LogP contribution >= 0.6 is 11.3 Å². The van der Waals surface area contributed by atoms with Crippen molar-refractivity contribution in [3.8, 4) is 23.0 Å². The van der Waals surface area contributed by atoms with E-state index >= 15 is 0 Å². The SMILES string of the molecule is COc1ccc(NC2=C(c3cccs3)C(=O)N(c3ccc(OC)c(OC)c3)C2=O)cc1OC. The molecule has 0 aliphatic carbocycles. The molecule has 0 saturated carbocycles. The average molecular weight is 467 g/mol. The van der Waals surface area contributed by atoms with Crippen LogP contribution in [0.4, 0.5) is 11.4 Å². The maximum absolute atomic E-state index is 13.5. The van der Waals surface area contributed by atoms with E-state index in [9.17, 15) is 9.59 Å². The number of anilines is 2. The zero-order valence-electron chi connectivity index (χ0n) is 18.5. The number of thiophene rings is 1. The second-order valence-corrected chi connectivity index (χ2v) is 7.85. The Hall–Kier alpha value is -3.98. The fourth-order valence-corrected chi connectivity index (χ4v) is 4.32. The zero-order chi connectivity index (χ0) is 23.5. The Balaban J connectivity index is 1.77. The molecule has 3 aromatic rings. The minimum atomic E-state index is -0.481. The molecule has 170 valence electrons. The maximum Gasteiger partial charge on any atom is 0.282 e. The van der Waals surface area contributed by atoms with Gasteiger partial charge in [0.2, 0.25) is 0 Å². The van der Waals surface area contributed by atoms with E-state index in [1.54, 1.807) is 49.6 Å². The first-order chi connectivity index (χ1) is 16.0. The number of ether oxygens (including phenoxy) is 4. The molecular weight excluding hydrogens is 444 g/mol. The molecule has 4 rings (SSSR count). The Morgan fingerprint density at radius 3 is 2.00 bits per heavy atom. The summed E-state index contributed by atoms with van der Waals surface area (Å²) in [6, 6.07) is 13.7. The Morgan fingerprint density at radius 1 is 0.758 bits per heavy atom. The highest BCUT2D eigenvalue weighted by Crippen LogP contribution is 2.39. The maximum atomic E-state index is 13.5. The summed E-state index contributed by atoms with van der Waals surface area (Å²) in [5, 5.41) is 4.97. The van der Waals surface area contributed by atoms with Crippen LogP contribution in [0.1, 0.15) is 4.88 Å². The lowest BCUT2D eigenvalue weighted by Gasteiger charge is -2.17. The number of rotatable bonds is 8. The standard InChI is InChI=1S/C24H22N2O6S/c1-29-16-9-7-14(12-18(16)31-3)25-22-21(20-6-5-11-33-20)23(27)26(24(22)28)15-8-10-17(30-2)19(13-15)32-4/h5-13,25H,1-4H3. The third-order valence-electron chi connectivity index (χ3n) is 5.13. The number of amides is 2. The van der Waals surface area contributed by atoms with Gasteiger partial charge in [0.15, 0.2) is 23.0 Å². The van der Waals surface area contributed by atoms with Gasteiger partial charge in [-0.25, -0.2) is 4.90 Å². The topological polar surface area (TPSA) is 86.3 Å². The van der Waals surface area contributed by atoms with Crippen molar-refractivity contribution in [3.05, 3.63) is 64.5 Å². The second-order valence-electron chi connectivity index (χ2n) is 6.91. The summed E-state index contributed by atoms with van der Waals surface area (Å²) >= 11 is 1.38. The first-order valence-electron chi connectivity index (χ1n) is 9.90. The highest BCUT2D eigenvalue weighted by Gasteiger charge is 2.41. The molecule has 0 fully saturated rings. The van der Waals surface area contributed by atoms with Gasteiger partial charge in [0.1, 0.15) is 5.70 Å². The van der Waals surface area contributed by atoms with Crippen LogP contribution < -0.4 is 29.2 Å². The molecule has 2 aromatic carbocycles. The largest absolute Gasteiger partial charge is 0.493 e. The van der Waals surface area contributed by atoms with Gasteiger partial charge in [0.25, 0.3) is 11.8 Å². The summed E-state index contributed by atoms with van der Waals surface area (Å²) in [6.07, 6.45) is 0. The molecule has 1 aliphatic heterocycles. The number of hydrogen-bond donors (Lipinski definition) is 1. The van der Waals surface area contributed by atoms with Gasteiger partial charge in [0, 0.05) is 22.7 Å². The zero-order valence-corrected chi connectivity index (χ0v) is 19.3. The van der Waals surface area contributed by atoms with Crippen LogP contribution in [0.25, 0.3) is 5.57 Å². The predicted molar refractivity (Wildman–Crippen MR) is 126 cm³/mol.